The minimum absolute atomic E-state index is 0.101. The van der Waals surface area contributed by atoms with Crippen molar-refractivity contribution in [2.45, 2.75) is 37.6 Å². The number of carbonyl (C=O) groups excluding carboxylic acids is 1. The maximum Gasteiger partial charge on any atom is 0.237 e. The van der Waals surface area contributed by atoms with Crippen LogP contribution in [0, 0.1) is 5.92 Å². The minimum Gasteiger partial charge on any atom is -0.494 e. The van der Waals surface area contributed by atoms with Crippen LogP contribution in [0.25, 0.3) is 0 Å². The van der Waals surface area contributed by atoms with E-state index in [1.807, 2.05) is 24.3 Å². The zero-order chi connectivity index (χ0) is 15.3. The van der Waals surface area contributed by atoms with Crippen LogP contribution in [0.15, 0.2) is 24.3 Å². The second kappa shape index (κ2) is 6.91. The highest BCUT2D eigenvalue weighted by Crippen LogP contribution is 2.35. The molecule has 21 heavy (non-hydrogen) atoms. The smallest absolute Gasteiger partial charge is 0.237 e. The lowest BCUT2D eigenvalue weighted by atomic mass is 9.85. The standard InChI is InChI=1S/C16H24N2O3/c17-15(20)16(18)9-1-2-13(16)8-11-21-14-5-3-12(4-6-14)7-10-19/h3-6,13,19H,1-2,7-11,18H2,(H2,17,20). The van der Waals surface area contributed by atoms with Crippen molar-refractivity contribution >= 4 is 5.91 Å². The van der Waals surface area contributed by atoms with Crippen LogP contribution < -0.4 is 16.2 Å². The number of amides is 1. The predicted molar refractivity (Wildman–Crippen MR) is 80.8 cm³/mol. The molecule has 2 rings (SSSR count). The van der Waals surface area contributed by atoms with E-state index in [2.05, 4.69) is 0 Å². The van der Waals surface area contributed by atoms with Crippen molar-refractivity contribution in [1.82, 2.24) is 0 Å². The van der Waals surface area contributed by atoms with Crippen LogP contribution >= 0.6 is 0 Å². The molecule has 0 bridgehead atoms. The zero-order valence-corrected chi connectivity index (χ0v) is 12.3. The Hall–Kier alpha value is -1.59. The molecule has 1 saturated carbocycles. The Labute approximate surface area is 125 Å². The summed E-state index contributed by atoms with van der Waals surface area (Å²) < 4.78 is 5.70. The Kier molecular flexibility index (Phi) is 5.20. The van der Waals surface area contributed by atoms with Crippen molar-refractivity contribution in [2.24, 2.45) is 17.4 Å². The molecular formula is C16H24N2O3. The van der Waals surface area contributed by atoms with E-state index in [-0.39, 0.29) is 12.5 Å². The number of hydrogen-bond acceptors (Lipinski definition) is 4. The largest absolute Gasteiger partial charge is 0.494 e. The number of rotatable bonds is 7. The third kappa shape index (κ3) is 3.74. The summed E-state index contributed by atoms with van der Waals surface area (Å²) >= 11 is 0. The lowest BCUT2D eigenvalue weighted by molar-refractivity contribution is -0.124. The van der Waals surface area contributed by atoms with Crippen LogP contribution in [0.5, 0.6) is 5.75 Å². The number of benzene rings is 1. The highest BCUT2D eigenvalue weighted by atomic mass is 16.5. The van der Waals surface area contributed by atoms with Crippen molar-refractivity contribution in [1.29, 1.82) is 0 Å². The molecule has 2 atom stereocenters. The first-order chi connectivity index (χ1) is 10.1. The number of ether oxygens (including phenoxy) is 1. The highest BCUT2D eigenvalue weighted by molar-refractivity contribution is 5.85. The molecule has 116 valence electrons. The van der Waals surface area contributed by atoms with Crippen LogP contribution in [0.1, 0.15) is 31.2 Å². The van der Waals surface area contributed by atoms with Crippen molar-refractivity contribution in [3.8, 4) is 5.75 Å². The van der Waals surface area contributed by atoms with Gasteiger partial charge < -0.3 is 21.3 Å². The summed E-state index contributed by atoms with van der Waals surface area (Å²) in [6.07, 6.45) is 3.93. The number of hydrogen-bond donors (Lipinski definition) is 3. The van der Waals surface area contributed by atoms with Gasteiger partial charge in [-0.2, -0.15) is 0 Å². The fraction of sp³-hybridized carbons (Fsp3) is 0.562. The molecule has 0 heterocycles. The summed E-state index contributed by atoms with van der Waals surface area (Å²) in [5.74, 6) is 0.485. The first-order valence-corrected chi connectivity index (χ1v) is 7.47. The average molecular weight is 292 g/mol. The summed E-state index contributed by atoms with van der Waals surface area (Å²) in [5, 5.41) is 8.86. The van der Waals surface area contributed by atoms with Gasteiger partial charge in [0.2, 0.25) is 5.91 Å². The maximum atomic E-state index is 11.5. The van der Waals surface area contributed by atoms with Crippen molar-refractivity contribution in [3.63, 3.8) is 0 Å². The van der Waals surface area contributed by atoms with Gasteiger partial charge in [0.1, 0.15) is 5.75 Å². The van der Waals surface area contributed by atoms with Crippen molar-refractivity contribution < 1.29 is 14.6 Å². The number of aliphatic hydroxyl groups excluding tert-OH is 1. The maximum absolute atomic E-state index is 11.5. The summed E-state index contributed by atoms with van der Waals surface area (Å²) in [4.78, 5) is 11.5. The third-order valence-corrected chi connectivity index (χ3v) is 4.39. The molecule has 1 aliphatic carbocycles. The van der Waals surface area contributed by atoms with Crippen LogP contribution in [-0.2, 0) is 11.2 Å². The van der Waals surface area contributed by atoms with Gasteiger partial charge in [-0.05, 0) is 49.3 Å². The molecular weight excluding hydrogens is 268 g/mol. The Morgan fingerprint density at radius 1 is 1.38 bits per heavy atom. The van der Waals surface area contributed by atoms with E-state index in [0.717, 1.165) is 30.6 Å². The van der Waals surface area contributed by atoms with Crippen LogP contribution in [0.4, 0.5) is 0 Å². The second-order valence-electron chi connectivity index (χ2n) is 5.75. The summed E-state index contributed by atoms with van der Waals surface area (Å²) in [5.41, 5.74) is 11.8. The fourth-order valence-electron chi connectivity index (χ4n) is 3.03. The lowest BCUT2D eigenvalue weighted by Crippen LogP contribution is -2.54. The molecule has 5 nitrogen and oxygen atoms in total. The Balaban J connectivity index is 1.82. The summed E-state index contributed by atoms with van der Waals surface area (Å²) in [6.45, 7) is 0.670. The topological polar surface area (TPSA) is 98.6 Å². The molecule has 0 aliphatic heterocycles. The lowest BCUT2D eigenvalue weighted by Gasteiger charge is -2.27. The van der Waals surface area contributed by atoms with Crippen molar-refractivity contribution in [2.75, 3.05) is 13.2 Å². The van der Waals surface area contributed by atoms with Crippen LogP contribution in [0.3, 0.4) is 0 Å². The summed E-state index contributed by atoms with van der Waals surface area (Å²) in [6, 6.07) is 7.67. The Morgan fingerprint density at radius 2 is 2.10 bits per heavy atom. The quantitative estimate of drug-likeness (QED) is 0.697. The molecule has 0 saturated heterocycles. The molecule has 0 spiro atoms. The van der Waals surface area contributed by atoms with Gasteiger partial charge in [0.25, 0.3) is 0 Å². The number of carbonyl (C=O) groups is 1. The van der Waals surface area contributed by atoms with Crippen LogP contribution in [-0.4, -0.2) is 29.8 Å². The fourth-order valence-corrected chi connectivity index (χ4v) is 3.03. The van der Waals surface area contributed by atoms with Gasteiger partial charge in [-0.3, -0.25) is 4.79 Å². The van der Waals surface area contributed by atoms with Crippen molar-refractivity contribution in [3.05, 3.63) is 29.8 Å². The first-order valence-electron chi connectivity index (χ1n) is 7.47. The van der Waals surface area contributed by atoms with E-state index >= 15 is 0 Å². The minimum atomic E-state index is -0.867. The normalized spacial score (nSPS) is 25.0. The molecule has 1 aromatic carbocycles. The monoisotopic (exact) mass is 292 g/mol. The van der Waals surface area contributed by atoms with Crippen LogP contribution in [0.2, 0.25) is 0 Å². The molecule has 1 amide bonds. The number of aliphatic hydroxyl groups is 1. The Morgan fingerprint density at radius 3 is 2.71 bits per heavy atom. The van der Waals surface area contributed by atoms with E-state index in [1.54, 1.807) is 0 Å². The SMILES string of the molecule is NC(=O)C1(N)CCCC1CCOc1ccc(CCO)cc1. The van der Waals surface area contributed by atoms with E-state index in [9.17, 15) is 4.79 Å². The highest BCUT2D eigenvalue weighted by Gasteiger charge is 2.43. The zero-order valence-electron chi connectivity index (χ0n) is 12.3. The number of primary amides is 1. The van der Waals surface area contributed by atoms with Gasteiger partial charge in [0.15, 0.2) is 0 Å². The molecule has 0 aromatic heterocycles. The molecule has 5 N–H and O–H groups in total. The van der Waals surface area contributed by atoms with E-state index in [0.29, 0.717) is 19.4 Å². The summed E-state index contributed by atoms with van der Waals surface area (Å²) in [7, 11) is 0. The molecule has 0 radical (unpaired) electrons. The Bertz CT molecular complexity index is 475. The third-order valence-electron chi connectivity index (χ3n) is 4.39. The van der Waals surface area contributed by atoms with E-state index in [4.69, 9.17) is 21.3 Å². The van der Waals surface area contributed by atoms with E-state index in [1.165, 1.54) is 0 Å². The van der Waals surface area contributed by atoms with Gasteiger partial charge in [-0.25, -0.2) is 0 Å². The van der Waals surface area contributed by atoms with E-state index < -0.39 is 11.4 Å². The van der Waals surface area contributed by atoms with Gasteiger partial charge in [0, 0.05) is 6.61 Å². The second-order valence-corrected chi connectivity index (χ2v) is 5.75. The molecule has 1 aromatic rings. The molecule has 5 heteroatoms. The predicted octanol–water partition coefficient (Wildman–Crippen LogP) is 0.973. The molecule has 1 aliphatic rings. The molecule has 2 unspecified atom stereocenters. The number of nitrogens with two attached hydrogens (primary N) is 2. The first kappa shape index (κ1) is 15.8. The van der Waals surface area contributed by atoms with Gasteiger partial charge in [0.05, 0.1) is 12.1 Å². The average Bonchev–Trinajstić information content (AvgIpc) is 2.84. The van der Waals surface area contributed by atoms with Gasteiger partial charge >= 0.3 is 0 Å². The van der Waals surface area contributed by atoms with Gasteiger partial charge in [-0.15, -0.1) is 0 Å². The van der Waals surface area contributed by atoms with Gasteiger partial charge in [-0.1, -0.05) is 18.6 Å². The molecule has 1 fully saturated rings.